The highest BCUT2D eigenvalue weighted by Gasteiger charge is 2.22. The van der Waals surface area contributed by atoms with Crippen LogP contribution in [0.2, 0.25) is 0 Å². The molecule has 0 aliphatic rings. The molecule has 0 fully saturated rings. The van der Waals surface area contributed by atoms with Crippen molar-refractivity contribution in [2.24, 2.45) is 0 Å². The van der Waals surface area contributed by atoms with Crippen molar-refractivity contribution in [3.8, 4) is 0 Å². The van der Waals surface area contributed by atoms with Crippen LogP contribution in [0.15, 0.2) is 24.3 Å². The van der Waals surface area contributed by atoms with Gasteiger partial charge in [0.25, 0.3) is 5.91 Å². The number of benzene rings is 1. The van der Waals surface area contributed by atoms with Crippen LogP contribution in [0.5, 0.6) is 0 Å². The number of likely N-dealkylation sites (N-methyl/N-ethyl adjacent to an activating group) is 2. The van der Waals surface area contributed by atoms with Gasteiger partial charge in [0, 0.05) is 32.4 Å². The Labute approximate surface area is 116 Å². The Bertz CT molecular complexity index is 400. The van der Waals surface area contributed by atoms with E-state index in [0.717, 1.165) is 13.1 Å². The van der Waals surface area contributed by atoms with Crippen molar-refractivity contribution in [1.82, 2.24) is 5.32 Å². The summed E-state index contributed by atoms with van der Waals surface area (Å²) in [5.41, 5.74) is 2.46. The molecule has 106 valence electrons. The Hall–Kier alpha value is -1.55. The van der Waals surface area contributed by atoms with Gasteiger partial charge in [-0.05, 0) is 26.0 Å². The van der Waals surface area contributed by atoms with Crippen LogP contribution < -0.4 is 15.1 Å². The van der Waals surface area contributed by atoms with E-state index in [1.807, 2.05) is 21.0 Å². The number of quaternary nitrogens is 1. The number of nitrogens with zero attached hydrogens (tertiary/aromatic N) is 1. The minimum atomic E-state index is -0.0245. The number of hydrogen-bond donors (Lipinski definition) is 2. The molecule has 0 saturated carbocycles. The third-order valence-electron chi connectivity index (χ3n) is 3.59. The maximum absolute atomic E-state index is 11.7. The highest BCUT2D eigenvalue weighted by molar-refractivity contribution is 5.79. The molecule has 2 N–H and O–H groups in total. The highest BCUT2D eigenvalue weighted by atomic mass is 16.2. The van der Waals surface area contributed by atoms with Crippen LogP contribution in [0.1, 0.15) is 19.4 Å². The van der Waals surface area contributed by atoms with Gasteiger partial charge >= 0.3 is 0 Å². The van der Waals surface area contributed by atoms with E-state index < -0.39 is 0 Å². The summed E-state index contributed by atoms with van der Waals surface area (Å²) >= 11 is 0. The van der Waals surface area contributed by atoms with Gasteiger partial charge < -0.3 is 15.1 Å². The lowest BCUT2D eigenvalue weighted by atomic mass is 10.1. The number of hydrogen-bond acceptors (Lipinski definition) is 2. The first-order valence-corrected chi connectivity index (χ1v) is 6.82. The smallest absolute Gasteiger partial charge is 0.277 e. The topological polar surface area (TPSA) is 36.8 Å². The zero-order valence-electron chi connectivity index (χ0n) is 12.7. The second-order valence-corrected chi connectivity index (χ2v) is 5.09. The quantitative estimate of drug-likeness (QED) is 0.775. The summed E-state index contributed by atoms with van der Waals surface area (Å²) < 4.78 is 0. The molecule has 0 saturated heterocycles. The summed E-state index contributed by atoms with van der Waals surface area (Å²) in [6.45, 7) is 5.90. The average molecular weight is 264 g/mol. The molecule has 0 aromatic heterocycles. The number of amides is 1. The Morgan fingerprint density at radius 1 is 1.32 bits per heavy atom. The minimum absolute atomic E-state index is 0.0245. The Kier molecular flexibility index (Phi) is 5.83. The molecule has 1 aromatic carbocycles. The molecule has 0 heterocycles. The van der Waals surface area contributed by atoms with Crippen LogP contribution in [-0.2, 0) is 11.3 Å². The second kappa shape index (κ2) is 7.14. The van der Waals surface area contributed by atoms with Crippen molar-refractivity contribution in [2.45, 2.75) is 26.4 Å². The van der Waals surface area contributed by atoms with Gasteiger partial charge in [0.05, 0.1) is 6.54 Å². The molecule has 1 amide bonds. The first-order valence-electron chi connectivity index (χ1n) is 6.82. The third kappa shape index (κ3) is 4.24. The second-order valence-electron chi connectivity index (χ2n) is 5.09. The van der Waals surface area contributed by atoms with Crippen LogP contribution in [0.25, 0.3) is 0 Å². The SMILES string of the molecule is CC[NH+](Cc1ccc(N(C)C)cc1)[C@@H](C)C(=O)NC. The fraction of sp³-hybridized carbons (Fsp3) is 0.533. The highest BCUT2D eigenvalue weighted by Crippen LogP contribution is 2.11. The molecule has 0 radical (unpaired) electrons. The van der Waals surface area contributed by atoms with Crippen LogP contribution in [0.4, 0.5) is 5.69 Å². The van der Waals surface area contributed by atoms with E-state index in [1.165, 1.54) is 16.2 Å². The van der Waals surface area contributed by atoms with Crippen molar-refractivity contribution in [3.63, 3.8) is 0 Å². The first-order chi connectivity index (χ1) is 8.99. The molecule has 1 aromatic rings. The minimum Gasteiger partial charge on any atom is -0.378 e. The van der Waals surface area contributed by atoms with Gasteiger partial charge in [-0.15, -0.1) is 0 Å². The Morgan fingerprint density at radius 3 is 2.32 bits per heavy atom. The van der Waals surface area contributed by atoms with Gasteiger partial charge in [-0.3, -0.25) is 4.79 Å². The van der Waals surface area contributed by atoms with Crippen molar-refractivity contribution in [1.29, 1.82) is 0 Å². The van der Waals surface area contributed by atoms with E-state index in [1.54, 1.807) is 7.05 Å². The number of rotatable bonds is 6. The van der Waals surface area contributed by atoms with Crippen LogP contribution >= 0.6 is 0 Å². The largest absolute Gasteiger partial charge is 0.378 e. The van der Waals surface area contributed by atoms with E-state index in [4.69, 9.17) is 0 Å². The predicted molar refractivity (Wildman–Crippen MR) is 79.5 cm³/mol. The molecule has 4 heteroatoms. The molecular formula is C15H26N3O+. The summed E-state index contributed by atoms with van der Waals surface area (Å²) in [7, 11) is 5.76. The molecule has 4 nitrogen and oxygen atoms in total. The third-order valence-corrected chi connectivity index (χ3v) is 3.59. The molecule has 0 bridgehead atoms. The lowest BCUT2D eigenvalue weighted by molar-refractivity contribution is -0.926. The summed E-state index contributed by atoms with van der Waals surface area (Å²) in [6, 6.07) is 8.49. The molecule has 1 rings (SSSR count). The predicted octanol–water partition coefficient (Wildman–Crippen LogP) is 0.292. The fourth-order valence-corrected chi connectivity index (χ4v) is 2.16. The summed E-state index contributed by atoms with van der Waals surface area (Å²) in [5, 5.41) is 2.72. The van der Waals surface area contributed by atoms with E-state index in [2.05, 4.69) is 41.4 Å². The molecule has 0 spiro atoms. The maximum atomic E-state index is 11.7. The molecule has 0 aliphatic carbocycles. The van der Waals surface area contributed by atoms with Gasteiger partial charge in [-0.2, -0.15) is 0 Å². The van der Waals surface area contributed by atoms with Crippen molar-refractivity contribution in [3.05, 3.63) is 29.8 Å². The van der Waals surface area contributed by atoms with Crippen LogP contribution in [-0.4, -0.2) is 39.6 Å². The van der Waals surface area contributed by atoms with E-state index in [0.29, 0.717) is 0 Å². The first kappa shape index (κ1) is 15.5. The number of anilines is 1. The van der Waals surface area contributed by atoms with Gasteiger partial charge in [0.15, 0.2) is 6.04 Å². The Balaban J connectivity index is 2.73. The normalized spacial score (nSPS) is 13.7. The van der Waals surface area contributed by atoms with E-state index in [-0.39, 0.29) is 11.9 Å². The Morgan fingerprint density at radius 2 is 1.89 bits per heavy atom. The number of nitrogens with one attached hydrogen (secondary N) is 2. The fourth-order valence-electron chi connectivity index (χ4n) is 2.16. The molecule has 2 atom stereocenters. The summed E-state index contributed by atoms with van der Waals surface area (Å²) in [6.07, 6.45) is 0. The lowest BCUT2D eigenvalue weighted by Gasteiger charge is -2.23. The van der Waals surface area contributed by atoms with Crippen molar-refractivity contribution in [2.75, 3.05) is 32.6 Å². The molecule has 0 aliphatic heterocycles. The van der Waals surface area contributed by atoms with Crippen LogP contribution in [0, 0.1) is 0 Å². The number of carbonyl (C=O) groups excluding carboxylic acids is 1. The van der Waals surface area contributed by atoms with Gasteiger partial charge in [0.1, 0.15) is 6.54 Å². The maximum Gasteiger partial charge on any atom is 0.277 e. The lowest BCUT2D eigenvalue weighted by Crippen LogP contribution is -3.15. The van der Waals surface area contributed by atoms with E-state index >= 15 is 0 Å². The zero-order valence-corrected chi connectivity index (χ0v) is 12.7. The van der Waals surface area contributed by atoms with Crippen LogP contribution in [0.3, 0.4) is 0 Å². The number of carbonyl (C=O) groups is 1. The van der Waals surface area contributed by atoms with Gasteiger partial charge in [-0.1, -0.05) is 12.1 Å². The zero-order chi connectivity index (χ0) is 14.4. The van der Waals surface area contributed by atoms with Crippen molar-refractivity contribution >= 4 is 11.6 Å². The standard InChI is InChI=1S/C15H25N3O/c1-6-18(12(2)15(19)16-3)11-13-7-9-14(10-8-13)17(4)5/h7-10,12H,6,11H2,1-5H3,(H,16,19)/p+1/t12-/m0/s1. The molecule has 1 unspecified atom stereocenters. The van der Waals surface area contributed by atoms with E-state index in [9.17, 15) is 4.79 Å². The summed E-state index contributed by atoms with van der Waals surface area (Å²) in [4.78, 5) is 15.1. The summed E-state index contributed by atoms with van der Waals surface area (Å²) in [5.74, 6) is 0.0989. The monoisotopic (exact) mass is 264 g/mol. The van der Waals surface area contributed by atoms with Crippen molar-refractivity contribution < 1.29 is 9.69 Å². The van der Waals surface area contributed by atoms with Gasteiger partial charge in [0.2, 0.25) is 0 Å². The molecule has 19 heavy (non-hydrogen) atoms. The molecular weight excluding hydrogens is 238 g/mol. The van der Waals surface area contributed by atoms with Gasteiger partial charge in [-0.25, -0.2) is 0 Å². The average Bonchev–Trinajstić information content (AvgIpc) is 2.43.